The summed E-state index contributed by atoms with van der Waals surface area (Å²) < 4.78 is 0. The Morgan fingerprint density at radius 2 is 2.23 bits per heavy atom. The van der Waals surface area contributed by atoms with Crippen LogP contribution in [0.15, 0.2) is 17.0 Å². The normalized spacial score (nSPS) is 9.31. The summed E-state index contributed by atoms with van der Waals surface area (Å²) in [6, 6.07) is 4.87. The van der Waals surface area contributed by atoms with Crippen LogP contribution in [0.4, 0.5) is 0 Å². The molecule has 0 saturated carbocycles. The molecule has 1 aromatic rings. The van der Waals surface area contributed by atoms with E-state index in [9.17, 15) is 4.79 Å². The van der Waals surface area contributed by atoms with Gasteiger partial charge in [-0.1, -0.05) is 0 Å². The third-order valence-electron chi connectivity index (χ3n) is 1.69. The fraction of sp³-hybridized carbons (Fsp3) is 0.111. The molecular weight excluding hydrogens is 186 g/mol. The van der Waals surface area contributed by atoms with E-state index >= 15 is 0 Å². The van der Waals surface area contributed by atoms with Crippen molar-refractivity contribution >= 4 is 18.6 Å². The highest BCUT2D eigenvalue weighted by molar-refractivity contribution is 7.80. The van der Waals surface area contributed by atoms with Crippen molar-refractivity contribution in [3.8, 4) is 6.07 Å². The number of thiol groups is 1. The summed E-state index contributed by atoms with van der Waals surface area (Å²) in [6.07, 6.45) is 0. The fourth-order valence-electron chi connectivity index (χ4n) is 0.988. The maximum Gasteiger partial charge on any atom is 0.336 e. The Kier molecular flexibility index (Phi) is 2.59. The molecule has 0 aliphatic rings. The lowest BCUT2D eigenvalue weighted by atomic mass is 10.1. The molecule has 0 unspecified atom stereocenters. The van der Waals surface area contributed by atoms with Crippen molar-refractivity contribution in [2.75, 3.05) is 0 Å². The predicted octanol–water partition coefficient (Wildman–Crippen LogP) is 1.85. The zero-order valence-corrected chi connectivity index (χ0v) is 7.80. The van der Waals surface area contributed by atoms with Crippen molar-refractivity contribution in [2.24, 2.45) is 0 Å². The van der Waals surface area contributed by atoms with Crippen LogP contribution in [0.2, 0.25) is 0 Å². The van der Waals surface area contributed by atoms with E-state index in [0.29, 0.717) is 16.0 Å². The maximum atomic E-state index is 10.6. The molecule has 0 heterocycles. The predicted molar refractivity (Wildman–Crippen MR) is 50.1 cm³/mol. The molecule has 0 aliphatic carbocycles. The van der Waals surface area contributed by atoms with Crippen LogP contribution in [0.1, 0.15) is 21.5 Å². The maximum absolute atomic E-state index is 10.6. The van der Waals surface area contributed by atoms with Crippen molar-refractivity contribution in [3.63, 3.8) is 0 Å². The van der Waals surface area contributed by atoms with Gasteiger partial charge in [-0.3, -0.25) is 0 Å². The quantitative estimate of drug-likeness (QED) is 0.669. The molecule has 0 fully saturated rings. The Morgan fingerprint density at radius 3 is 2.69 bits per heavy atom. The number of aryl methyl sites for hydroxylation is 1. The number of benzene rings is 1. The molecule has 66 valence electrons. The molecule has 1 rings (SSSR count). The van der Waals surface area contributed by atoms with Gasteiger partial charge in [0.2, 0.25) is 0 Å². The highest BCUT2D eigenvalue weighted by Crippen LogP contribution is 2.19. The van der Waals surface area contributed by atoms with Gasteiger partial charge in [0.1, 0.15) is 0 Å². The molecular formula is C9H7NO2S. The number of aromatic carboxylic acids is 1. The third kappa shape index (κ3) is 1.82. The largest absolute Gasteiger partial charge is 0.478 e. The van der Waals surface area contributed by atoms with Gasteiger partial charge >= 0.3 is 5.97 Å². The van der Waals surface area contributed by atoms with Crippen molar-refractivity contribution in [2.45, 2.75) is 11.8 Å². The fourth-order valence-corrected chi connectivity index (χ4v) is 1.28. The summed E-state index contributed by atoms with van der Waals surface area (Å²) in [6.45, 7) is 1.69. The SMILES string of the molecule is Cc1cc(C(=O)O)c(S)cc1C#N. The van der Waals surface area contributed by atoms with Crippen LogP contribution < -0.4 is 0 Å². The van der Waals surface area contributed by atoms with Crippen LogP contribution in [0.5, 0.6) is 0 Å². The van der Waals surface area contributed by atoms with Crippen molar-refractivity contribution < 1.29 is 9.90 Å². The van der Waals surface area contributed by atoms with Crippen LogP contribution >= 0.6 is 12.6 Å². The number of carboxylic acids is 1. The molecule has 0 atom stereocenters. The van der Waals surface area contributed by atoms with Gasteiger partial charge in [-0.15, -0.1) is 12.6 Å². The van der Waals surface area contributed by atoms with E-state index in [-0.39, 0.29) is 5.56 Å². The van der Waals surface area contributed by atoms with Gasteiger partial charge in [0.25, 0.3) is 0 Å². The lowest BCUT2D eigenvalue weighted by Gasteiger charge is -2.02. The Bertz CT molecular complexity index is 407. The van der Waals surface area contributed by atoms with E-state index < -0.39 is 5.97 Å². The molecule has 3 nitrogen and oxygen atoms in total. The topological polar surface area (TPSA) is 61.1 Å². The Labute approximate surface area is 81.0 Å². The minimum Gasteiger partial charge on any atom is -0.478 e. The van der Waals surface area contributed by atoms with E-state index in [1.54, 1.807) is 6.92 Å². The molecule has 1 aromatic carbocycles. The van der Waals surface area contributed by atoms with Gasteiger partial charge in [-0.05, 0) is 24.6 Å². The van der Waals surface area contributed by atoms with Gasteiger partial charge in [0, 0.05) is 4.90 Å². The number of hydrogen-bond acceptors (Lipinski definition) is 3. The number of rotatable bonds is 1. The smallest absolute Gasteiger partial charge is 0.336 e. The van der Waals surface area contributed by atoms with Crippen LogP contribution in [0, 0.1) is 18.3 Å². The number of carbonyl (C=O) groups is 1. The first-order valence-electron chi connectivity index (χ1n) is 3.53. The zero-order valence-electron chi connectivity index (χ0n) is 6.90. The Morgan fingerprint density at radius 1 is 1.62 bits per heavy atom. The standard InChI is InChI=1S/C9H7NO2S/c1-5-2-7(9(11)12)8(13)3-6(5)4-10/h2-3,13H,1H3,(H,11,12). The molecule has 0 saturated heterocycles. The molecule has 0 aliphatic heterocycles. The summed E-state index contributed by atoms with van der Waals surface area (Å²) in [7, 11) is 0. The van der Waals surface area contributed by atoms with Gasteiger partial charge in [0.05, 0.1) is 17.2 Å². The summed E-state index contributed by atoms with van der Waals surface area (Å²) in [5.41, 5.74) is 1.23. The van der Waals surface area contributed by atoms with Crippen LogP contribution in [0.25, 0.3) is 0 Å². The highest BCUT2D eigenvalue weighted by Gasteiger charge is 2.10. The van der Waals surface area contributed by atoms with Gasteiger partial charge in [-0.25, -0.2) is 4.79 Å². The molecule has 13 heavy (non-hydrogen) atoms. The number of carboxylic acid groups (broad SMARTS) is 1. The van der Waals surface area contributed by atoms with E-state index in [0.717, 1.165) is 0 Å². The lowest BCUT2D eigenvalue weighted by molar-refractivity contribution is 0.0693. The van der Waals surface area contributed by atoms with E-state index in [4.69, 9.17) is 10.4 Å². The van der Waals surface area contributed by atoms with Crippen LogP contribution in [-0.2, 0) is 0 Å². The zero-order chi connectivity index (χ0) is 10.0. The van der Waals surface area contributed by atoms with E-state index in [2.05, 4.69) is 12.6 Å². The minimum atomic E-state index is -1.03. The Hall–Kier alpha value is -1.47. The molecule has 1 N–H and O–H groups in total. The highest BCUT2D eigenvalue weighted by atomic mass is 32.1. The molecule has 0 spiro atoms. The number of nitrogens with zero attached hydrogens (tertiary/aromatic N) is 1. The second kappa shape index (κ2) is 3.50. The lowest BCUT2D eigenvalue weighted by Crippen LogP contribution is -1.99. The van der Waals surface area contributed by atoms with Gasteiger partial charge in [0.15, 0.2) is 0 Å². The Balaban J connectivity index is 3.39. The van der Waals surface area contributed by atoms with Gasteiger partial charge in [-0.2, -0.15) is 5.26 Å². The van der Waals surface area contributed by atoms with Crippen LogP contribution in [0.3, 0.4) is 0 Å². The number of hydrogen-bond donors (Lipinski definition) is 2. The van der Waals surface area contributed by atoms with Crippen molar-refractivity contribution in [1.82, 2.24) is 0 Å². The summed E-state index contributed by atoms with van der Waals surface area (Å²) in [5, 5.41) is 17.4. The summed E-state index contributed by atoms with van der Waals surface area (Å²) >= 11 is 3.98. The summed E-state index contributed by atoms with van der Waals surface area (Å²) in [4.78, 5) is 11.0. The second-order valence-electron chi connectivity index (χ2n) is 2.60. The third-order valence-corrected chi connectivity index (χ3v) is 2.06. The van der Waals surface area contributed by atoms with Gasteiger partial charge < -0.3 is 5.11 Å². The summed E-state index contributed by atoms with van der Waals surface area (Å²) in [5.74, 6) is -1.03. The van der Waals surface area contributed by atoms with E-state index in [1.165, 1.54) is 12.1 Å². The van der Waals surface area contributed by atoms with Crippen LogP contribution in [-0.4, -0.2) is 11.1 Å². The minimum absolute atomic E-state index is 0.125. The van der Waals surface area contributed by atoms with Crippen molar-refractivity contribution in [1.29, 1.82) is 5.26 Å². The molecule has 0 aromatic heterocycles. The monoisotopic (exact) mass is 193 g/mol. The van der Waals surface area contributed by atoms with E-state index in [1.807, 2.05) is 6.07 Å². The molecule has 0 amide bonds. The molecule has 0 radical (unpaired) electrons. The first kappa shape index (κ1) is 9.62. The average molecular weight is 193 g/mol. The number of nitriles is 1. The first-order chi connectivity index (χ1) is 6.06. The molecule has 4 heteroatoms. The first-order valence-corrected chi connectivity index (χ1v) is 3.98. The van der Waals surface area contributed by atoms with Crippen molar-refractivity contribution in [3.05, 3.63) is 28.8 Å². The second-order valence-corrected chi connectivity index (χ2v) is 3.08. The molecule has 0 bridgehead atoms. The average Bonchev–Trinajstić information content (AvgIpc) is 2.07.